The van der Waals surface area contributed by atoms with E-state index < -0.39 is 0 Å². The zero-order valence-electron chi connectivity index (χ0n) is 20.0. The number of urea groups is 1. The van der Waals surface area contributed by atoms with Crippen LogP contribution in [-0.2, 0) is 6.54 Å². The minimum absolute atomic E-state index is 0.160. The number of para-hydroxylation sites is 2. The maximum Gasteiger partial charge on any atom is 0.322 e. The lowest BCUT2D eigenvalue weighted by Gasteiger charge is -2.34. The van der Waals surface area contributed by atoms with Crippen molar-refractivity contribution < 1.29 is 14.3 Å². The normalized spacial score (nSPS) is 14.1. The van der Waals surface area contributed by atoms with Crippen LogP contribution in [0.2, 0.25) is 0 Å². The highest BCUT2D eigenvalue weighted by atomic mass is 32.1. The molecule has 0 spiro atoms. The van der Waals surface area contributed by atoms with E-state index in [1.54, 1.807) is 19.1 Å². The van der Waals surface area contributed by atoms with Gasteiger partial charge in [-0.25, -0.2) is 9.78 Å². The predicted octanol–water partition coefficient (Wildman–Crippen LogP) is 3.18. The second-order valence-electron chi connectivity index (χ2n) is 8.31. The quantitative estimate of drug-likeness (QED) is 0.429. The van der Waals surface area contributed by atoms with E-state index in [0.29, 0.717) is 59.8 Å². The molecule has 5 rings (SSSR count). The Labute approximate surface area is 211 Å². The molecular formula is C25H26N6O4S. The first-order valence-corrected chi connectivity index (χ1v) is 12.3. The number of amides is 2. The molecule has 3 heterocycles. The first kappa shape index (κ1) is 23.8. The molecule has 2 aromatic carbocycles. The Kier molecular flexibility index (Phi) is 6.83. The number of carbonyl (C=O) groups excluding carboxylic acids is 1. The molecule has 1 fully saturated rings. The van der Waals surface area contributed by atoms with Crippen LogP contribution in [0.4, 0.5) is 10.5 Å². The van der Waals surface area contributed by atoms with Crippen molar-refractivity contribution in [3.05, 3.63) is 70.6 Å². The summed E-state index contributed by atoms with van der Waals surface area (Å²) in [5, 5.41) is 8.08. The van der Waals surface area contributed by atoms with E-state index in [0.717, 1.165) is 11.3 Å². The molecule has 0 aliphatic carbocycles. The van der Waals surface area contributed by atoms with Gasteiger partial charge in [-0.1, -0.05) is 23.5 Å². The van der Waals surface area contributed by atoms with Crippen LogP contribution in [0.3, 0.4) is 0 Å². The minimum Gasteiger partial charge on any atom is -0.497 e. The second-order valence-corrected chi connectivity index (χ2v) is 9.27. The molecule has 4 aromatic rings. The van der Waals surface area contributed by atoms with Gasteiger partial charge in [0, 0.05) is 44.4 Å². The molecule has 36 heavy (non-hydrogen) atoms. The molecule has 2 amide bonds. The van der Waals surface area contributed by atoms with E-state index in [1.807, 2.05) is 48.5 Å². The molecular weight excluding hydrogens is 480 g/mol. The van der Waals surface area contributed by atoms with Crippen LogP contribution in [0.25, 0.3) is 15.5 Å². The van der Waals surface area contributed by atoms with Gasteiger partial charge in [0.15, 0.2) is 0 Å². The van der Waals surface area contributed by atoms with Crippen LogP contribution in [0.15, 0.2) is 59.4 Å². The summed E-state index contributed by atoms with van der Waals surface area (Å²) in [5.41, 5.74) is 2.02. The molecule has 11 heteroatoms. The zero-order valence-corrected chi connectivity index (χ0v) is 20.8. The molecule has 0 radical (unpaired) electrons. The summed E-state index contributed by atoms with van der Waals surface area (Å²) in [4.78, 5) is 34.6. The van der Waals surface area contributed by atoms with Gasteiger partial charge >= 0.3 is 6.03 Å². The lowest BCUT2D eigenvalue weighted by Crippen LogP contribution is -2.49. The molecule has 1 aliphatic rings. The third-order valence-corrected chi connectivity index (χ3v) is 6.99. The Hall–Kier alpha value is -3.96. The maximum absolute atomic E-state index is 12.7. The fourth-order valence-corrected chi connectivity index (χ4v) is 5.00. The number of fused-ring (bicyclic) bond motifs is 1. The van der Waals surface area contributed by atoms with Crippen molar-refractivity contribution in [2.45, 2.75) is 6.54 Å². The number of piperazine rings is 1. The van der Waals surface area contributed by atoms with Gasteiger partial charge < -0.3 is 19.7 Å². The van der Waals surface area contributed by atoms with Gasteiger partial charge in [-0.05, 0) is 36.4 Å². The van der Waals surface area contributed by atoms with Crippen molar-refractivity contribution in [3.63, 3.8) is 0 Å². The first-order valence-electron chi connectivity index (χ1n) is 11.5. The van der Waals surface area contributed by atoms with Crippen LogP contribution >= 0.6 is 11.3 Å². The van der Waals surface area contributed by atoms with Gasteiger partial charge in [0.05, 0.1) is 25.6 Å². The summed E-state index contributed by atoms with van der Waals surface area (Å²) >= 11 is 1.37. The number of nitrogens with one attached hydrogen (secondary N) is 1. The van der Waals surface area contributed by atoms with Gasteiger partial charge in [0.1, 0.15) is 16.5 Å². The lowest BCUT2D eigenvalue weighted by molar-refractivity contribution is 0.142. The highest BCUT2D eigenvalue weighted by Gasteiger charge is 2.22. The third kappa shape index (κ3) is 5.02. The lowest BCUT2D eigenvalue weighted by atomic mass is 10.2. The van der Waals surface area contributed by atoms with Gasteiger partial charge in [-0.2, -0.15) is 9.61 Å². The summed E-state index contributed by atoms with van der Waals surface area (Å²) in [6, 6.07) is 16.2. The summed E-state index contributed by atoms with van der Waals surface area (Å²) in [6.07, 6.45) is 0. The molecule has 0 saturated carbocycles. The van der Waals surface area contributed by atoms with Crippen LogP contribution in [-0.4, -0.2) is 70.8 Å². The summed E-state index contributed by atoms with van der Waals surface area (Å²) in [7, 11) is 3.20. The molecule has 2 aromatic heterocycles. The third-order valence-electron chi connectivity index (χ3n) is 6.03. The number of anilines is 1. The summed E-state index contributed by atoms with van der Waals surface area (Å²) in [6.45, 7) is 3.04. The smallest absolute Gasteiger partial charge is 0.322 e. The van der Waals surface area contributed by atoms with Crippen molar-refractivity contribution in [2.75, 3.05) is 45.7 Å². The van der Waals surface area contributed by atoms with Crippen molar-refractivity contribution in [1.82, 2.24) is 24.4 Å². The van der Waals surface area contributed by atoms with E-state index in [1.165, 1.54) is 21.9 Å². The van der Waals surface area contributed by atoms with E-state index in [9.17, 15) is 9.59 Å². The number of rotatable bonds is 6. The number of hydrogen-bond donors (Lipinski definition) is 1. The van der Waals surface area contributed by atoms with Crippen LogP contribution < -0.4 is 20.3 Å². The number of benzene rings is 2. The number of aromatic nitrogens is 3. The van der Waals surface area contributed by atoms with Crippen LogP contribution in [0, 0.1) is 0 Å². The molecule has 186 valence electrons. The van der Waals surface area contributed by atoms with Crippen molar-refractivity contribution >= 4 is 28.0 Å². The molecule has 0 bridgehead atoms. The minimum atomic E-state index is -0.208. The highest BCUT2D eigenvalue weighted by Crippen LogP contribution is 2.26. The Morgan fingerprint density at radius 2 is 1.78 bits per heavy atom. The standard InChI is InChI=1S/C25H26N6O4S/c1-34-19-9-7-17(8-10-19)23-28-31-22(32)15-18(26-25(31)36-23)16-29-11-13-30(14-12-29)24(33)27-20-5-3-4-6-21(20)35-2/h3-10,15H,11-14,16H2,1-2H3,(H,27,33). The van der Waals surface area contributed by atoms with Crippen molar-refractivity contribution in [2.24, 2.45) is 0 Å². The second kappa shape index (κ2) is 10.3. The number of nitrogens with zero attached hydrogens (tertiary/aromatic N) is 5. The SMILES string of the molecule is COc1ccc(-c2nn3c(=O)cc(CN4CCN(C(=O)Nc5ccccc5OC)CC4)nc3s2)cc1. The van der Waals surface area contributed by atoms with Crippen LogP contribution in [0.5, 0.6) is 11.5 Å². The molecule has 1 N–H and O–H groups in total. The summed E-state index contributed by atoms with van der Waals surface area (Å²) in [5.74, 6) is 1.38. The monoisotopic (exact) mass is 506 g/mol. The van der Waals surface area contributed by atoms with E-state index >= 15 is 0 Å². The Morgan fingerprint density at radius 1 is 1.03 bits per heavy atom. The molecule has 10 nitrogen and oxygen atoms in total. The Bertz CT molecular complexity index is 1430. The largest absolute Gasteiger partial charge is 0.497 e. The highest BCUT2D eigenvalue weighted by molar-refractivity contribution is 7.19. The van der Waals surface area contributed by atoms with Crippen molar-refractivity contribution in [1.29, 1.82) is 0 Å². The molecule has 1 saturated heterocycles. The van der Waals surface area contributed by atoms with Crippen molar-refractivity contribution in [3.8, 4) is 22.1 Å². The van der Waals surface area contributed by atoms with Crippen LogP contribution in [0.1, 0.15) is 5.69 Å². The topological polar surface area (TPSA) is 101 Å². The summed E-state index contributed by atoms with van der Waals surface area (Å²) < 4.78 is 11.9. The number of methoxy groups -OCH3 is 2. The fraction of sp³-hybridized carbons (Fsp3) is 0.280. The van der Waals surface area contributed by atoms with Gasteiger partial charge in [0.25, 0.3) is 5.56 Å². The van der Waals surface area contributed by atoms with E-state index in [4.69, 9.17) is 9.47 Å². The first-order chi connectivity index (χ1) is 17.5. The Balaban J connectivity index is 1.22. The molecule has 1 aliphatic heterocycles. The number of carbonyl (C=O) groups is 1. The van der Waals surface area contributed by atoms with Gasteiger partial charge in [0.2, 0.25) is 4.96 Å². The zero-order chi connectivity index (χ0) is 25.1. The van der Waals surface area contributed by atoms with Gasteiger partial charge in [-0.3, -0.25) is 9.69 Å². The number of hydrogen-bond acceptors (Lipinski definition) is 8. The van der Waals surface area contributed by atoms with E-state index in [2.05, 4.69) is 20.3 Å². The molecule has 0 atom stereocenters. The average molecular weight is 507 g/mol. The molecule has 0 unspecified atom stereocenters. The maximum atomic E-state index is 12.7. The predicted molar refractivity (Wildman–Crippen MR) is 138 cm³/mol. The Morgan fingerprint density at radius 3 is 2.50 bits per heavy atom. The fourth-order valence-electron chi connectivity index (χ4n) is 4.07. The van der Waals surface area contributed by atoms with E-state index in [-0.39, 0.29) is 11.6 Å². The van der Waals surface area contributed by atoms with Gasteiger partial charge in [-0.15, -0.1) is 0 Å². The average Bonchev–Trinajstić information content (AvgIpc) is 3.34. The number of ether oxygens (including phenoxy) is 2.